The quantitative estimate of drug-likeness (QED) is 0.518. The molecule has 0 amide bonds. The Labute approximate surface area is 141 Å². The molecule has 0 N–H and O–H groups in total. The van der Waals surface area contributed by atoms with Gasteiger partial charge in [0.25, 0.3) is 0 Å². The topological polar surface area (TPSA) is 25.8 Å². The number of thiazole rings is 1. The van der Waals surface area contributed by atoms with Crippen molar-refractivity contribution in [3.05, 3.63) is 67.6 Å². The maximum atomic E-state index is 4.08. The van der Waals surface area contributed by atoms with Gasteiger partial charge in [-0.2, -0.15) is 0 Å². The van der Waals surface area contributed by atoms with E-state index in [2.05, 4.69) is 48.9 Å². The van der Waals surface area contributed by atoms with E-state index in [9.17, 15) is 0 Å². The standard InChI is InChI=1S/C7H9N.C6H8S.C5H7NS/c1-6-3-4-7(2)8-5-6;1-5-3-4-6(2)7-5;1-4-3-6-5(2)7-4/h3-5H,1-2H3;3-4H,1-2H3;3H,1-2H3. The van der Waals surface area contributed by atoms with Crippen LogP contribution in [0.25, 0.3) is 0 Å². The van der Waals surface area contributed by atoms with Crippen molar-refractivity contribution in [3.8, 4) is 0 Å². The second-order valence-electron chi connectivity index (χ2n) is 5.12. The second-order valence-corrected chi connectivity index (χ2v) is 8.05. The Morgan fingerprint density at radius 3 is 1.50 bits per heavy atom. The largest absolute Gasteiger partial charge is 0.261 e. The predicted octanol–water partition coefficient (Wildman–Crippen LogP) is 5.82. The van der Waals surface area contributed by atoms with Gasteiger partial charge in [0.05, 0.1) is 5.01 Å². The third-order valence-electron chi connectivity index (χ3n) is 2.67. The van der Waals surface area contributed by atoms with Crippen LogP contribution in [-0.2, 0) is 0 Å². The maximum absolute atomic E-state index is 4.08. The van der Waals surface area contributed by atoms with Gasteiger partial charge in [-0.1, -0.05) is 6.07 Å². The van der Waals surface area contributed by atoms with Crippen LogP contribution in [0.1, 0.15) is 30.9 Å². The van der Waals surface area contributed by atoms with Crippen molar-refractivity contribution < 1.29 is 0 Å². The lowest BCUT2D eigenvalue weighted by molar-refractivity contribution is 1.17. The number of thiophene rings is 1. The molecule has 0 saturated carbocycles. The van der Waals surface area contributed by atoms with E-state index in [0.717, 1.165) is 10.7 Å². The lowest BCUT2D eigenvalue weighted by Gasteiger charge is -1.89. The van der Waals surface area contributed by atoms with Crippen molar-refractivity contribution in [2.24, 2.45) is 0 Å². The molecule has 3 heterocycles. The van der Waals surface area contributed by atoms with E-state index in [1.807, 2.05) is 50.6 Å². The Hall–Kier alpha value is -1.52. The normalized spacial score (nSPS) is 9.36. The van der Waals surface area contributed by atoms with Crippen LogP contribution in [0.3, 0.4) is 0 Å². The first-order valence-corrected chi connectivity index (χ1v) is 8.81. The number of aryl methyl sites for hydroxylation is 6. The third kappa shape index (κ3) is 8.05. The number of nitrogens with zero attached hydrogens (tertiary/aromatic N) is 2. The summed E-state index contributed by atoms with van der Waals surface area (Å²) < 4.78 is 0. The lowest BCUT2D eigenvalue weighted by Crippen LogP contribution is -1.78. The van der Waals surface area contributed by atoms with Gasteiger partial charge in [0.1, 0.15) is 0 Å². The zero-order chi connectivity index (χ0) is 16.5. The zero-order valence-electron chi connectivity index (χ0n) is 14.2. The van der Waals surface area contributed by atoms with Gasteiger partial charge in [-0.3, -0.25) is 4.98 Å². The summed E-state index contributed by atoms with van der Waals surface area (Å²) in [5.74, 6) is 0. The smallest absolute Gasteiger partial charge is 0.0896 e. The summed E-state index contributed by atoms with van der Waals surface area (Å²) in [5.41, 5.74) is 2.30. The van der Waals surface area contributed by atoms with Gasteiger partial charge in [0.15, 0.2) is 0 Å². The monoisotopic (exact) mass is 332 g/mol. The van der Waals surface area contributed by atoms with Crippen LogP contribution in [0.2, 0.25) is 0 Å². The molecule has 0 radical (unpaired) electrons. The number of hydrogen-bond acceptors (Lipinski definition) is 4. The van der Waals surface area contributed by atoms with Crippen LogP contribution in [0.4, 0.5) is 0 Å². The average molecular weight is 333 g/mol. The fourth-order valence-corrected chi connectivity index (χ4v) is 3.02. The molecule has 118 valence electrons. The molecule has 0 aromatic carbocycles. The molecule has 0 spiro atoms. The SMILES string of the molecule is Cc1ccc(C)nc1.Cc1ccc(C)s1.Cc1cnc(C)s1. The minimum atomic E-state index is 1.08. The number of pyridine rings is 1. The summed E-state index contributed by atoms with van der Waals surface area (Å²) in [6.45, 7) is 12.3. The van der Waals surface area contributed by atoms with Crippen molar-refractivity contribution in [1.29, 1.82) is 0 Å². The molecule has 0 saturated heterocycles. The van der Waals surface area contributed by atoms with Crippen LogP contribution < -0.4 is 0 Å². The molecule has 0 aliphatic rings. The third-order valence-corrected chi connectivity index (χ3v) is 4.42. The van der Waals surface area contributed by atoms with Gasteiger partial charge in [-0.05, 0) is 65.3 Å². The van der Waals surface area contributed by atoms with Crippen LogP contribution in [0.15, 0.2) is 36.7 Å². The molecule has 0 unspecified atom stereocenters. The zero-order valence-corrected chi connectivity index (χ0v) is 15.8. The van der Waals surface area contributed by atoms with Crippen molar-refractivity contribution in [1.82, 2.24) is 9.97 Å². The number of rotatable bonds is 0. The minimum Gasteiger partial charge on any atom is -0.261 e. The van der Waals surface area contributed by atoms with Crippen molar-refractivity contribution in [2.75, 3.05) is 0 Å². The summed E-state index contributed by atoms with van der Waals surface area (Å²) in [6.07, 6.45) is 3.76. The Kier molecular flexibility index (Phi) is 7.99. The lowest BCUT2D eigenvalue weighted by atomic mass is 10.3. The number of hydrogen-bond donors (Lipinski definition) is 0. The molecule has 2 nitrogen and oxygen atoms in total. The average Bonchev–Trinajstić information content (AvgIpc) is 3.02. The molecule has 3 aromatic rings. The molecular weight excluding hydrogens is 308 g/mol. The van der Waals surface area contributed by atoms with E-state index in [1.54, 1.807) is 11.3 Å². The van der Waals surface area contributed by atoms with E-state index < -0.39 is 0 Å². The Morgan fingerprint density at radius 1 is 0.636 bits per heavy atom. The number of aromatic nitrogens is 2. The highest BCUT2D eigenvalue weighted by atomic mass is 32.1. The fourth-order valence-electron chi connectivity index (χ4n) is 1.57. The first kappa shape index (κ1) is 18.5. The van der Waals surface area contributed by atoms with Gasteiger partial charge in [0, 0.05) is 32.7 Å². The maximum Gasteiger partial charge on any atom is 0.0896 e. The van der Waals surface area contributed by atoms with Crippen LogP contribution in [0, 0.1) is 41.5 Å². The molecule has 3 rings (SSSR count). The molecule has 3 aromatic heterocycles. The molecule has 0 aliphatic carbocycles. The Morgan fingerprint density at radius 2 is 1.27 bits per heavy atom. The van der Waals surface area contributed by atoms with E-state index in [4.69, 9.17) is 0 Å². The van der Waals surface area contributed by atoms with E-state index >= 15 is 0 Å². The fraction of sp³-hybridized carbons (Fsp3) is 0.333. The highest BCUT2D eigenvalue weighted by Gasteiger charge is 1.86. The summed E-state index contributed by atoms with van der Waals surface area (Å²) in [5, 5.41) is 1.15. The van der Waals surface area contributed by atoms with Gasteiger partial charge < -0.3 is 0 Å². The highest BCUT2D eigenvalue weighted by Crippen LogP contribution is 2.12. The van der Waals surface area contributed by atoms with Crippen LogP contribution >= 0.6 is 22.7 Å². The van der Waals surface area contributed by atoms with E-state index in [0.29, 0.717) is 0 Å². The first-order valence-electron chi connectivity index (χ1n) is 7.18. The van der Waals surface area contributed by atoms with E-state index in [-0.39, 0.29) is 0 Å². The van der Waals surface area contributed by atoms with Gasteiger partial charge in [-0.15, -0.1) is 22.7 Å². The van der Waals surface area contributed by atoms with Crippen molar-refractivity contribution >= 4 is 22.7 Å². The van der Waals surface area contributed by atoms with Crippen LogP contribution in [-0.4, -0.2) is 9.97 Å². The predicted molar refractivity (Wildman–Crippen MR) is 99.1 cm³/mol. The second kappa shape index (κ2) is 9.49. The molecule has 4 heteroatoms. The molecule has 0 aliphatic heterocycles. The van der Waals surface area contributed by atoms with Gasteiger partial charge >= 0.3 is 0 Å². The van der Waals surface area contributed by atoms with Crippen molar-refractivity contribution in [2.45, 2.75) is 41.5 Å². The molecule has 0 atom stereocenters. The highest BCUT2D eigenvalue weighted by molar-refractivity contribution is 7.11. The molecule has 22 heavy (non-hydrogen) atoms. The first-order chi connectivity index (χ1) is 10.4. The Bertz CT molecular complexity index is 574. The van der Waals surface area contributed by atoms with Gasteiger partial charge in [-0.25, -0.2) is 4.98 Å². The summed E-state index contributed by atoms with van der Waals surface area (Å²) in [7, 11) is 0. The van der Waals surface area contributed by atoms with Gasteiger partial charge in [0.2, 0.25) is 0 Å². The summed E-state index contributed by atoms with van der Waals surface area (Å²) in [6, 6.07) is 8.34. The molecule has 0 bridgehead atoms. The Balaban J connectivity index is 0.000000166. The summed E-state index contributed by atoms with van der Waals surface area (Å²) >= 11 is 3.57. The van der Waals surface area contributed by atoms with Crippen molar-refractivity contribution in [3.63, 3.8) is 0 Å². The minimum absolute atomic E-state index is 1.08. The van der Waals surface area contributed by atoms with Crippen LogP contribution in [0.5, 0.6) is 0 Å². The summed E-state index contributed by atoms with van der Waals surface area (Å²) in [4.78, 5) is 12.2. The van der Waals surface area contributed by atoms with E-state index in [1.165, 1.54) is 20.2 Å². The molecule has 0 fully saturated rings. The molecular formula is C18H24N2S2.